The van der Waals surface area contributed by atoms with Crippen LogP contribution < -0.4 is 0 Å². The van der Waals surface area contributed by atoms with Gasteiger partial charge in [-0.25, -0.2) is 0 Å². The molecule has 0 aromatic carbocycles. The maximum atomic E-state index is 6.64. The molecule has 0 heterocycles. The molecule has 0 spiro atoms. The molecule has 5 heteroatoms. The van der Waals surface area contributed by atoms with Crippen molar-refractivity contribution in [1.82, 2.24) is 0 Å². The number of allylic oxidation sites excluding steroid dienone is 6. The van der Waals surface area contributed by atoms with Crippen molar-refractivity contribution in [3.63, 3.8) is 0 Å². The SMILES string of the molecule is C=C(C)[C@@H]1CCC(C)=C(O[Si](C)(C)O[Si](C)(C)OC2=C(C)CC[C@@H](C(=C)C)C2)C1. The molecule has 2 atom stereocenters. The Bertz CT molecular complexity index is 656. The van der Waals surface area contributed by atoms with Crippen molar-refractivity contribution < 1.29 is 13.0 Å². The summed E-state index contributed by atoms with van der Waals surface area (Å²) in [5.74, 6) is 3.30. The van der Waals surface area contributed by atoms with Crippen LogP contribution >= 0.6 is 0 Å². The van der Waals surface area contributed by atoms with Gasteiger partial charge >= 0.3 is 17.1 Å². The fraction of sp³-hybridized carbons (Fsp3) is 0.667. The molecule has 0 aliphatic heterocycles. The molecule has 0 radical (unpaired) electrons. The Hall–Kier alpha value is -1.05. The molecule has 0 fully saturated rings. The van der Waals surface area contributed by atoms with Crippen LogP contribution in [0.3, 0.4) is 0 Å². The van der Waals surface area contributed by atoms with Crippen molar-refractivity contribution in [1.29, 1.82) is 0 Å². The topological polar surface area (TPSA) is 27.7 Å². The van der Waals surface area contributed by atoms with Crippen LogP contribution in [0, 0.1) is 11.8 Å². The summed E-state index contributed by atoms with van der Waals surface area (Å²) in [6, 6.07) is 0. The van der Waals surface area contributed by atoms with E-state index in [0.717, 1.165) is 37.2 Å². The predicted molar refractivity (Wildman–Crippen MR) is 128 cm³/mol. The van der Waals surface area contributed by atoms with E-state index in [1.807, 2.05) is 0 Å². The second-order valence-electron chi connectivity index (χ2n) is 10.1. The van der Waals surface area contributed by atoms with Crippen LogP contribution in [0.4, 0.5) is 0 Å². The second-order valence-corrected chi connectivity index (χ2v) is 16.9. The van der Waals surface area contributed by atoms with E-state index >= 15 is 0 Å². The molecule has 0 aromatic heterocycles. The van der Waals surface area contributed by atoms with E-state index in [9.17, 15) is 0 Å². The standard InChI is InChI=1S/C24H42O3Si2/c1-17(2)21-13-11-19(5)23(15-21)25-28(7,8)27-29(9,10)26-24-16-22(18(3)4)14-12-20(24)6/h21-22H,1,3,11-16H2,2,4-10H3/t21-,22-/m1/s1. The molecule has 0 aromatic rings. The van der Waals surface area contributed by atoms with E-state index in [2.05, 4.69) is 67.0 Å². The van der Waals surface area contributed by atoms with Gasteiger partial charge in [-0.1, -0.05) is 24.3 Å². The lowest BCUT2D eigenvalue weighted by molar-refractivity contribution is 0.232. The summed E-state index contributed by atoms with van der Waals surface area (Å²) >= 11 is 0. The zero-order valence-electron chi connectivity index (χ0n) is 20.0. The van der Waals surface area contributed by atoms with Gasteiger partial charge in [-0.15, -0.1) is 0 Å². The lowest BCUT2D eigenvalue weighted by atomic mass is 9.85. The molecule has 164 valence electrons. The molecule has 3 nitrogen and oxygen atoms in total. The van der Waals surface area contributed by atoms with Crippen molar-refractivity contribution >= 4 is 17.1 Å². The van der Waals surface area contributed by atoms with Crippen LogP contribution in [0.2, 0.25) is 26.2 Å². The Morgan fingerprint density at radius 1 is 0.759 bits per heavy atom. The first-order valence-corrected chi connectivity index (χ1v) is 16.7. The highest BCUT2D eigenvalue weighted by molar-refractivity contribution is 6.79. The van der Waals surface area contributed by atoms with E-state index in [0.29, 0.717) is 11.8 Å². The molecule has 0 unspecified atom stereocenters. The van der Waals surface area contributed by atoms with Crippen LogP contribution in [-0.2, 0) is 13.0 Å². The highest BCUT2D eigenvalue weighted by Gasteiger charge is 2.41. The van der Waals surface area contributed by atoms with E-state index < -0.39 is 17.1 Å². The van der Waals surface area contributed by atoms with Gasteiger partial charge in [-0.3, -0.25) is 0 Å². The monoisotopic (exact) mass is 434 g/mol. The van der Waals surface area contributed by atoms with Crippen molar-refractivity contribution in [2.75, 3.05) is 0 Å². The smallest absolute Gasteiger partial charge is 0.384 e. The average molecular weight is 435 g/mol. The van der Waals surface area contributed by atoms with Crippen molar-refractivity contribution in [3.05, 3.63) is 47.0 Å². The van der Waals surface area contributed by atoms with Crippen LogP contribution in [0.5, 0.6) is 0 Å². The van der Waals surface area contributed by atoms with Gasteiger partial charge < -0.3 is 13.0 Å². The quantitative estimate of drug-likeness (QED) is 0.289. The Morgan fingerprint density at radius 2 is 1.10 bits per heavy atom. The average Bonchev–Trinajstić information content (AvgIpc) is 2.56. The minimum Gasteiger partial charge on any atom is -0.524 e. The van der Waals surface area contributed by atoms with Gasteiger partial charge in [0.05, 0.1) is 11.5 Å². The Labute approximate surface area is 181 Å². The summed E-state index contributed by atoms with van der Waals surface area (Å²) in [5.41, 5.74) is 5.23. The highest BCUT2D eigenvalue weighted by Crippen LogP contribution is 2.37. The molecule has 29 heavy (non-hydrogen) atoms. The van der Waals surface area contributed by atoms with Crippen molar-refractivity contribution in [2.45, 2.75) is 92.4 Å². The third-order valence-corrected chi connectivity index (χ3v) is 11.6. The molecule has 0 bridgehead atoms. The van der Waals surface area contributed by atoms with Gasteiger partial charge in [0.2, 0.25) is 0 Å². The van der Waals surface area contributed by atoms with Crippen molar-refractivity contribution in [3.8, 4) is 0 Å². The number of hydrogen-bond acceptors (Lipinski definition) is 3. The summed E-state index contributed by atoms with van der Waals surface area (Å²) in [4.78, 5) is 0. The fourth-order valence-corrected chi connectivity index (χ4v) is 11.2. The Kier molecular flexibility index (Phi) is 7.85. The molecule has 2 rings (SSSR count). The molecule has 0 N–H and O–H groups in total. The number of hydrogen-bond donors (Lipinski definition) is 0. The van der Waals surface area contributed by atoms with Crippen LogP contribution in [-0.4, -0.2) is 17.1 Å². The largest absolute Gasteiger partial charge is 0.524 e. The minimum absolute atomic E-state index is 0.522. The molecule has 0 saturated heterocycles. The lowest BCUT2D eigenvalue weighted by Gasteiger charge is -2.38. The van der Waals surface area contributed by atoms with Gasteiger partial charge in [-0.05, 0) is 103 Å². The fourth-order valence-electron chi connectivity index (χ4n) is 4.39. The third kappa shape index (κ3) is 7.00. The summed E-state index contributed by atoms with van der Waals surface area (Å²) in [6.07, 6.45) is 6.43. The van der Waals surface area contributed by atoms with Gasteiger partial charge in [0.1, 0.15) is 0 Å². The van der Waals surface area contributed by atoms with E-state index in [4.69, 9.17) is 13.0 Å². The van der Waals surface area contributed by atoms with Crippen LogP contribution in [0.25, 0.3) is 0 Å². The number of rotatable bonds is 8. The maximum Gasteiger partial charge on any atom is 0.384 e. The maximum absolute atomic E-state index is 6.64. The zero-order chi connectivity index (χ0) is 22.0. The summed E-state index contributed by atoms with van der Waals surface area (Å²) in [5, 5.41) is 0. The van der Waals surface area contributed by atoms with E-state index in [1.54, 1.807) is 0 Å². The Morgan fingerprint density at radius 3 is 1.41 bits per heavy atom. The summed E-state index contributed by atoms with van der Waals surface area (Å²) in [7, 11) is -4.74. The first-order valence-electron chi connectivity index (χ1n) is 11.1. The predicted octanol–water partition coefficient (Wildman–Crippen LogP) is 7.74. The molecule has 2 aliphatic rings. The molecular formula is C24H42O3Si2. The van der Waals surface area contributed by atoms with Gasteiger partial charge in [0.25, 0.3) is 0 Å². The normalized spacial score (nSPS) is 23.9. The molecular weight excluding hydrogens is 392 g/mol. The van der Waals surface area contributed by atoms with Gasteiger partial charge in [0.15, 0.2) is 0 Å². The summed E-state index contributed by atoms with van der Waals surface area (Å²) in [6.45, 7) is 25.6. The first kappa shape index (κ1) is 24.2. The first-order chi connectivity index (χ1) is 13.3. The Balaban J connectivity index is 2.06. The van der Waals surface area contributed by atoms with Crippen LogP contribution in [0.1, 0.15) is 66.2 Å². The second kappa shape index (κ2) is 9.40. The third-order valence-electron chi connectivity index (χ3n) is 6.17. The minimum atomic E-state index is -2.37. The van der Waals surface area contributed by atoms with Gasteiger partial charge in [-0.2, -0.15) is 0 Å². The van der Waals surface area contributed by atoms with Crippen LogP contribution in [0.15, 0.2) is 47.0 Å². The zero-order valence-corrected chi connectivity index (χ0v) is 22.0. The summed E-state index contributed by atoms with van der Waals surface area (Å²) < 4.78 is 19.8. The van der Waals surface area contributed by atoms with E-state index in [1.165, 1.54) is 35.1 Å². The van der Waals surface area contributed by atoms with E-state index in [-0.39, 0.29) is 0 Å². The van der Waals surface area contributed by atoms with Crippen molar-refractivity contribution in [2.24, 2.45) is 11.8 Å². The highest BCUT2D eigenvalue weighted by atomic mass is 28.5. The lowest BCUT2D eigenvalue weighted by Crippen LogP contribution is -2.48. The molecule has 0 saturated carbocycles. The molecule has 2 aliphatic carbocycles. The molecule has 0 amide bonds. The van der Waals surface area contributed by atoms with Gasteiger partial charge in [0, 0.05) is 12.8 Å².